The van der Waals surface area contributed by atoms with Gasteiger partial charge in [-0.3, -0.25) is 4.79 Å². The molecule has 0 saturated heterocycles. The summed E-state index contributed by atoms with van der Waals surface area (Å²) in [6.45, 7) is 1.17. The van der Waals surface area contributed by atoms with E-state index in [0.717, 1.165) is 0 Å². The Labute approximate surface area is 93.0 Å². The van der Waals surface area contributed by atoms with E-state index in [2.05, 4.69) is 5.32 Å². The molecule has 0 aliphatic heterocycles. The minimum absolute atomic E-state index is 0.0823. The Morgan fingerprint density at radius 3 is 2.88 bits per heavy atom. The van der Waals surface area contributed by atoms with Gasteiger partial charge in [-0.25, -0.2) is 4.39 Å². The monoisotopic (exact) mass is 227 g/mol. The molecular formula is C11H14FNO3. The molecule has 1 aromatic carbocycles. The second kappa shape index (κ2) is 5.46. The number of carbonyl (C=O) groups excluding carboxylic acids is 1. The second-order valence-corrected chi connectivity index (χ2v) is 3.26. The van der Waals surface area contributed by atoms with Crippen molar-refractivity contribution >= 4 is 5.91 Å². The summed E-state index contributed by atoms with van der Waals surface area (Å²) in [4.78, 5) is 11.2. The largest absolute Gasteiger partial charge is 0.477 e. The number of aliphatic hydroxyl groups is 1. The number of rotatable bonds is 4. The number of benzene rings is 1. The third-order valence-electron chi connectivity index (χ3n) is 2.13. The van der Waals surface area contributed by atoms with Crippen molar-refractivity contribution in [2.45, 2.75) is 19.6 Å². The van der Waals surface area contributed by atoms with Gasteiger partial charge in [-0.05, 0) is 13.0 Å². The van der Waals surface area contributed by atoms with Crippen molar-refractivity contribution in [3.8, 4) is 5.75 Å². The van der Waals surface area contributed by atoms with Crippen molar-refractivity contribution in [1.82, 2.24) is 5.32 Å². The molecule has 0 spiro atoms. The number of para-hydroxylation sites is 1. The first-order valence-electron chi connectivity index (χ1n) is 4.86. The first-order chi connectivity index (χ1) is 7.60. The molecule has 1 aromatic rings. The van der Waals surface area contributed by atoms with Crippen molar-refractivity contribution in [2.75, 3.05) is 7.05 Å². The van der Waals surface area contributed by atoms with Crippen LogP contribution in [0.5, 0.6) is 5.75 Å². The van der Waals surface area contributed by atoms with Gasteiger partial charge in [0, 0.05) is 12.6 Å². The van der Waals surface area contributed by atoms with Crippen LogP contribution in [-0.2, 0) is 11.4 Å². The van der Waals surface area contributed by atoms with E-state index in [0.29, 0.717) is 5.56 Å². The van der Waals surface area contributed by atoms with Gasteiger partial charge < -0.3 is 15.2 Å². The summed E-state index contributed by atoms with van der Waals surface area (Å²) in [6, 6.07) is 4.22. The molecule has 1 amide bonds. The third kappa shape index (κ3) is 2.70. The van der Waals surface area contributed by atoms with Crippen LogP contribution in [0.4, 0.5) is 4.39 Å². The van der Waals surface area contributed by atoms with Crippen molar-refractivity contribution < 1.29 is 19.0 Å². The van der Waals surface area contributed by atoms with E-state index in [1.165, 1.54) is 32.2 Å². The quantitative estimate of drug-likeness (QED) is 0.801. The van der Waals surface area contributed by atoms with Crippen LogP contribution in [0.15, 0.2) is 18.2 Å². The number of hydrogen-bond donors (Lipinski definition) is 2. The molecule has 0 aromatic heterocycles. The SMILES string of the molecule is CNC(=O)C(C)Oc1c(F)cccc1CO. The average Bonchev–Trinajstić information content (AvgIpc) is 2.30. The highest BCUT2D eigenvalue weighted by Gasteiger charge is 2.17. The van der Waals surface area contributed by atoms with E-state index in [1.54, 1.807) is 0 Å². The minimum Gasteiger partial charge on any atom is -0.477 e. The van der Waals surface area contributed by atoms with Crippen LogP contribution in [-0.4, -0.2) is 24.2 Å². The Balaban J connectivity index is 2.91. The molecule has 5 heteroatoms. The molecule has 16 heavy (non-hydrogen) atoms. The van der Waals surface area contributed by atoms with Crippen LogP contribution in [0.25, 0.3) is 0 Å². The summed E-state index contributed by atoms with van der Waals surface area (Å²) in [6.07, 6.45) is -0.813. The Bertz CT molecular complexity index is 381. The Kier molecular flexibility index (Phi) is 4.25. The van der Waals surface area contributed by atoms with Gasteiger partial charge in [-0.1, -0.05) is 12.1 Å². The fourth-order valence-corrected chi connectivity index (χ4v) is 1.24. The lowest BCUT2D eigenvalue weighted by Gasteiger charge is -2.15. The topological polar surface area (TPSA) is 58.6 Å². The van der Waals surface area contributed by atoms with Gasteiger partial charge in [-0.2, -0.15) is 0 Å². The zero-order valence-electron chi connectivity index (χ0n) is 9.16. The average molecular weight is 227 g/mol. The normalized spacial score (nSPS) is 12.0. The number of amides is 1. The molecule has 0 radical (unpaired) electrons. The summed E-state index contributed by atoms with van der Waals surface area (Å²) in [5.41, 5.74) is 0.316. The molecule has 4 nitrogen and oxygen atoms in total. The van der Waals surface area contributed by atoms with Gasteiger partial charge >= 0.3 is 0 Å². The van der Waals surface area contributed by atoms with Crippen LogP contribution in [0.2, 0.25) is 0 Å². The van der Waals surface area contributed by atoms with Gasteiger partial charge in [-0.15, -0.1) is 0 Å². The number of halogens is 1. The lowest BCUT2D eigenvalue weighted by Crippen LogP contribution is -2.34. The van der Waals surface area contributed by atoms with Gasteiger partial charge in [0.15, 0.2) is 17.7 Å². The highest BCUT2D eigenvalue weighted by atomic mass is 19.1. The molecule has 1 unspecified atom stereocenters. The summed E-state index contributed by atoms with van der Waals surface area (Å²) < 4.78 is 18.6. The number of aliphatic hydroxyl groups excluding tert-OH is 1. The molecule has 1 rings (SSSR count). The van der Waals surface area contributed by atoms with Crippen LogP contribution in [0.1, 0.15) is 12.5 Å². The first kappa shape index (κ1) is 12.4. The number of carbonyl (C=O) groups is 1. The maximum atomic E-state index is 13.4. The van der Waals surface area contributed by atoms with E-state index in [4.69, 9.17) is 9.84 Å². The number of likely N-dealkylation sites (N-methyl/N-ethyl adjacent to an activating group) is 1. The van der Waals surface area contributed by atoms with Crippen molar-refractivity contribution in [1.29, 1.82) is 0 Å². The zero-order chi connectivity index (χ0) is 12.1. The highest BCUT2D eigenvalue weighted by Crippen LogP contribution is 2.23. The molecule has 88 valence electrons. The van der Waals surface area contributed by atoms with E-state index in [1.807, 2.05) is 0 Å². The van der Waals surface area contributed by atoms with Crippen LogP contribution >= 0.6 is 0 Å². The summed E-state index contributed by atoms with van der Waals surface area (Å²) in [5, 5.41) is 11.4. The zero-order valence-corrected chi connectivity index (χ0v) is 9.16. The summed E-state index contributed by atoms with van der Waals surface area (Å²) >= 11 is 0. The molecule has 0 heterocycles. The summed E-state index contributed by atoms with van der Waals surface area (Å²) in [7, 11) is 1.47. The molecular weight excluding hydrogens is 213 g/mol. The van der Waals surface area contributed by atoms with E-state index in [-0.39, 0.29) is 18.3 Å². The van der Waals surface area contributed by atoms with Crippen molar-refractivity contribution in [3.63, 3.8) is 0 Å². The molecule has 2 N–H and O–H groups in total. The Morgan fingerprint density at radius 2 is 2.31 bits per heavy atom. The maximum Gasteiger partial charge on any atom is 0.260 e. The number of nitrogens with one attached hydrogen (secondary N) is 1. The molecule has 0 aliphatic rings. The highest BCUT2D eigenvalue weighted by molar-refractivity contribution is 5.80. The Morgan fingerprint density at radius 1 is 1.62 bits per heavy atom. The second-order valence-electron chi connectivity index (χ2n) is 3.26. The maximum absolute atomic E-state index is 13.4. The summed E-state index contributed by atoms with van der Waals surface area (Å²) in [5.74, 6) is -1.03. The lowest BCUT2D eigenvalue weighted by atomic mass is 10.2. The molecule has 0 bridgehead atoms. The lowest BCUT2D eigenvalue weighted by molar-refractivity contribution is -0.126. The molecule has 0 aliphatic carbocycles. The smallest absolute Gasteiger partial charge is 0.260 e. The van der Waals surface area contributed by atoms with Crippen LogP contribution in [0.3, 0.4) is 0 Å². The van der Waals surface area contributed by atoms with E-state index >= 15 is 0 Å². The Hall–Kier alpha value is -1.62. The predicted octanol–water partition coefficient (Wildman–Crippen LogP) is 0.831. The number of ether oxygens (including phenoxy) is 1. The van der Waals surface area contributed by atoms with Crippen LogP contribution < -0.4 is 10.1 Å². The molecule has 1 atom stereocenters. The molecule has 0 saturated carbocycles. The fourth-order valence-electron chi connectivity index (χ4n) is 1.24. The van der Waals surface area contributed by atoms with Gasteiger partial charge in [0.1, 0.15) is 0 Å². The fraction of sp³-hybridized carbons (Fsp3) is 0.364. The van der Waals surface area contributed by atoms with E-state index < -0.39 is 11.9 Å². The van der Waals surface area contributed by atoms with Crippen LogP contribution in [0, 0.1) is 5.82 Å². The third-order valence-corrected chi connectivity index (χ3v) is 2.13. The molecule has 0 fully saturated rings. The minimum atomic E-state index is -0.813. The first-order valence-corrected chi connectivity index (χ1v) is 4.86. The van der Waals surface area contributed by atoms with Gasteiger partial charge in [0.2, 0.25) is 0 Å². The van der Waals surface area contributed by atoms with E-state index in [9.17, 15) is 9.18 Å². The van der Waals surface area contributed by atoms with Gasteiger partial charge in [0.25, 0.3) is 5.91 Å². The van der Waals surface area contributed by atoms with Crippen molar-refractivity contribution in [3.05, 3.63) is 29.6 Å². The standard InChI is InChI=1S/C11H14FNO3/c1-7(11(15)13-2)16-10-8(6-14)4-3-5-9(10)12/h3-5,7,14H,6H2,1-2H3,(H,13,15). The predicted molar refractivity (Wildman–Crippen MR) is 56.5 cm³/mol. The van der Waals surface area contributed by atoms with Gasteiger partial charge in [0.05, 0.1) is 6.61 Å². The number of hydrogen-bond acceptors (Lipinski definition) is 3. The van der Waals surface area contributed by atoms with Crippen molar-refractivity contribution in [2.24, 2.45) is 0 Å².